The average Bonchev–Trinajstić information content (AvgIpc) is 3.05. The van der Waals surface area contributed by atoms with E-state index in [1.54, 1.807) is 0 Å². The Hall–Kier alpha value is -1.29. The summed E-state index contributed by atoms with van der Waals surface area (Å²) in [6.07, 6.45) is 2.25. The number of hydrogen-bond acceptors (Lipinski definition) is 3. The topological polar surface area (TPSA) is 37.3 Å². The summed E-state index contributed by atoms with van der Waals surface area (Å²) in [7, 11) is 0. The van der Waals surface area contributed by atoms with E-state index in [4.69, 9.17) is 11.6 Å². The van der Waals surface area contributed by atoms with E-state index >= 15 is 0 Å². The lowest BCUT2D eigenvalue weighted by Crippen LogP contribution is -2.33. The highest BCUT2D eigenvalue weighted by molar-refractivity contribution is 7.99. The van der Waals surface area contributed by atoms with E-state index in [-0.39, 0.29) is 22.0 Å². The summed E-state index contributed by atoms with van der Waals surface area (Å²) in [4.78, 5) is 13.3. The van der Waals surface area contributed by atoms with E-state index in [1.807, 2.05) is 66.4 Å². The van der Waals surface area contributed by atoms with Gasteiger partial charge in [0.1, 0.15) is 5.78 Å². The number of Topliss-reactive ketones (excluding diaryl/α,β-unsaturated/α-hetero) is 1. The third-order valence-corrected chi connectivity index (χ3v) is 9.68. The van der Waals surface area contributed by atoms with Crippen LogP contribution in [0.2, 0.25) is 5.02 Å². The fourth-order valence-corrected chi connectivity index (χ4v) is 7.29. The predicted octanol–water partition coefficient (Wildman–Crippen LogP) is 6.88. The maximum atomic E-state index is 13.3. The molecule has 4 rings (SSSR count). The van der Waals surface area contributed by atoms with Crippen LogP contribution in [-0.2, 0) is 4.79 Å². The van der Waals surface area contributed by atoms with Gasteiger partial charge >= 0.3 is 0 Å². The Bertz CT molecular complexity index is 895. The minimum absolute atomic E-state index is 0.0780. The third kappa shape index (κ3) is 3.74. The molecule has 0 aliphatic heterocycles. The highest BCUT2D eigenvalue weighted by atomic mass is 35.5. The lowest BCUT2D eigenvalue weighted by atomic mass is 9.70. The fourth-order valence-electron chi connectivity index (χ4n) is 5.68. The first-order chi connectivity index (χ1) is 14.2. The second kappa shape index (κ2) is 8.33. The van der Waals surface area contributed by atoms with Gasteiger partial charge in [-0.3, -0.25) is 4.79 Å². The molecule has 0 spiro atoms. The zero-order valence-electron chi connectivity index (χ0n) is 18.0. The molecule has 0 radical (unpaired) electrons. The largest absolute Gasteiger partial charge is 0.388 e. The first-order valence-corrected chi connectivity index (χ1v) is 12.3. The second-order valence-corrected chi connectivity index (χ2v) is 11.4. The fraction of sp³-hybridized carbons (Fsp3) is 0.500. The molecule has 2 aliphatic carbocycles. The number of aliphatic hydroxyl groups is 1. The van der Waals surface area contributed by atoms with Gasteiger partial charge in [0.25, 0.3) is 0 Å². The molecule has 5 atom stereocenters. The standard InChI is InChI=1S/C26H31ClO2S/c1-25(2)21-13-14-26(25,3)24(29)20(21)16-30-23(18-9-11-19(27)12-10-18)15-22(28)17-7-5-4-6-8-17/h4-12,20-23,28H,13-16H2,1-3H3/t20?,21?,22-,23-,26?/m0/s1. The zero-order valence-corrected chi connectivity index (χ0v) is 19.5. The van der Waals surface area contributed by atoms with Gasteiger partial charge in [-0.1, -0.05) is 74.8 Å². The first-order valence-electron chi connectivity index (χ1n) is 10.9. The van der Waals surface area contributed by atoms with E-state index in [0.717, 1.165) is 29.7 Å². The van der Waals surface area contributed by atoms with E-state index in [0.29, 0.717) is 23.1 Å². The van der Waals surface area contributed by atoms with Crippen LogP contribution >= 0.6 is 23.4 Å². The third-order valence-electron chi connectivity index (χ3n) is 8.01. The van der Waals surface area contributed by atoms with E-state index < -0.39 is 6.10 Å². The smallest absolute Gasteiger partial charge is 0.143 e. The van der Waals surface area contributed by atoms with E-state index in [2.05, 4.69) is 20.8 Å². The van der Waals surface area contributed by atoms with Crippen molar-refractivity contribution in [3.05, 3.63) is 70.7 Å². The molecule has 4 heteroatoms. The zero-order chi connectivity index (χ0) is 21.5. The van der Waals surface area contributed by atoms with Crippen LogP contribution in [0.3, 0.4) is 0 Å². The molecule has 2 saturated carbocycles. The van der Waals surface area contributed by atoms with Crippen molar-refractivity contribution in [2.45, 2.75) is 51.4 Å². The number of carbonyl (C=O) groups excluding carboxylic acids is 1. The maximum absolute atomic E-state index is 13.3. The highest BCUT2D eigenvalue weighted by Gasteiger charge is 2.65. The number of aliphatic hydroxyl groups excluding tert-OH is 1. The summed E-state index contributed by atoms with van der Waals surface area (Å²) in [5.74, 6) is 1.85. The molecule has 160 valence electrons. The van der Waals surface area contributed by atoms with Gasteiger partial charge in [0, 0.05) is 27.4 Å². The second-order valence-electron chi connectivity index (χ2n) is 9.71. The highest BCUT2D eigenvalue weighted by Crippen LogP contribution is 2.66. The van der Waals surface area contributed by atoms with Crippen molar-refractivity contribution in [1.29, 1.82) is 0 Å². The summed E-state index contributed by atoms with van der Waals surface area (Å²) in [5.41, 5.74) is 1.98. The Morgan fingerprint density at radius 1 is 1.07 bits per heavy atom. The van der Waals surface area contributed by atoms with Gasteiger partial charge in [0.15, 0.2) is 0 Å². The molecular formula is C26H31ClO2S. The normalized spacial score (nSPS) is 29.2. The van der Waals surface area contributed by atoms with Gasteiger partial charge in [-0.25, -0.2) is 0 Å². The first kappa shape index (κ1) is 21.9. The molecule has 0 aromatic heterocycles. The summed E-state index contributed by atoms with van der Waals surface area (Å²) in [6.45, 7) is 6.74. The van der Waals surface area contributed by atoms with Gasteiger partial charge < -0.3 is 5.11 Å². The summed E-state index contributed by atoms with van der Waals surface area (Å²) in [5, 5.41) is 11.7. The number of thioether (sulfide) groups is 1. The number of hydrogen-bond donors (Lipinski definition) is 1. The molecule has 2 fully saturated rings. The number of ketones is 1. The van der Waals surface area contributed by atoms with Crippen molar-refractivity contribution in [3.8, 4) is 0 Å². The molecule has 0 heterocycles. The lowest BCUT2D eigenvalue weighted by molar-refractivity contribution is -0.131. The molecule has 0 amide bonds. The monoisotopic (exact) mass is 442 g/mol. The molecule has 0 saturated heterocycles. The summed E-state index contributed by atoms with van der Waals surface area (Å²) < 4.78 is 0. The maximum Gasteiger partial charge on any atom is 0.143 e. The van der Waals surface area contributed by atoms with Crippen molar-refractivity contribution in [1.82, 2.24) is 0 Å². The van der Waals surface area contributed by atoms with Crippen LogP contribution < -0.4 is 0 Å². The van der Waals surface area contributed by atoms with Gasteiger partial charge in [-0.05, 0) is 53.9 Å². The molecule has 2 aromatic rings. The minimum atomic E-state index is -0.538. The molecule has 3 unspecified atom stereocenters. The molecular weight excluding hydrogens is 412 g/mol. The number of benzene rings is 2. The Labute approximate surface area is 189 Å². The summed E-state index contributed by atoms with van der Waals surface area (Å²) >= 11 is 7.93. The number of carbonyl (C=O) groups is 1. The van der Waals surface area contributed by atoms with Crippen molar-refractivity contribution in [2.24, 2.45) is 22.7 Å². The van der Waals surface area contributed by atoms with Crippen molar-refractivity contribution in [2.75, 3.05) is 5.75 Å². The lowest BCUT2D eigenvalue weighted by Gasteiger charge is -2.32. The molecule has 2 nitrogen and oxygen atoms in total. The number of halogens is 1. The van der Waals surface area contributed by atoms with Crippen LogP contribution in [0.25, 0.3) is 0 Å². The molecule has 2 aromatic carbocycles. The van der Waals surface area contributed by atoms with E-state index in [1.165, 1.54) is 0 Å². The van der Waals surface area contributed by atoms with Crippen LogP contribution in [0, 0.1) is 22.7 Å². The average molecular weight is 443 g/mol. The van der Waals surface area contributed by atoms with Crippen LogP contribution in [0.4, 0.5) is 0 Å². The van der Waals surface area contributed by atoms with Crippen molar-refractivity contribution in [3.63, 3.8) is 0 Å². The van der Waals surface area contributed by atoms with Gasteiger partial charge in [0.2, 0.25) is 0 Å². The minimum Gasteiger partial charge on any atom is -0.388 e. The number of rotatable bonds is 7. The Balaban J connectivity index is 1.52. The molecule has 2 aliphatic rings. The van der Waals surface area contributed by atoms with Crippen molar-refractivity contribution < 1.29 is 9.90 Å². The van der Waals surface area contributed by atoms with Gasteiger partial charge in [0.05, 0.1) is 6.10 Å². The Kier molecular flexibility index (Phi) is 6.09. The quantitative estimate of drug-likeness (QED) is 0.507. The predicted molar refractivity (Wildman–Crippen MR) is 126 cm³/mol. The number of fused-ring (bicyclic) bond motifs is 2. The SMILES string of the molecule is CC12CCC(C(CS[C@@H](C[C@H](O)c3ccccc3)c3ccc(Cl)cc3)C1=O)C2(C)C. The molecule has 30 heavy (non-hydrogen) atoms. The van der Waals surface area contributed by atoms with Gasteiger partial charge in [-0.2, -0.15) is 11.8 Å². The summed E-state index contributed by atoms with van der Waals surface area (Å²) in [6, 6.07) is 17.7. The molecule has 1 N–H and O–H groups in total. The molecule has 2 bridgehead atoms. The Morgan fingerprint density at radius 3 is 2.33 bits per heavy atom. The van der Waals surface area contributed by atoms with Crippen LogP contribution in [0.5, 0.6) is 0 Å². The Morgan fingerprint density at radius 2 is 1.73 bits per heavy atom. The van der Waals surface area contributed by atoms with Gasteiger partial charge in [-0.15, -0.1) is 0 Å². The van der Waals surface area contributed by atoms with Crippen molar-refractivity contribution >= 4 is 29.1 Å². The van der Waals surface area contributed by atoms with Crippen LogP contribution in [-0.4, -0.2) is 16.6 Å². The van der Waals surface area contributed by atoms with E-state index in [9.17, 15) is 9.90 Å². The van der Waals surface area contributed by atoms with Crippen LogP contribution in [0.15, 0.2) is 54.6 Å². The van der Waals surface area contributed by atoms with Crippen LogP contribution in [0.1, 0.15) is 62.5 Å².